The molecule has 11 heteroatoms. The average molecular weight is 437 g/mol. The number of hydrogen-bond acceptors (Lipinski definition) is 8. The summed E-state index contributed by atoms with van der Waals surface area (Å²) in [6.07, 6.45) is 1.12. The number of carbonyl (C=O) groups excluding carboxylic acids is 1. The number of ether oxygens (including phenoxy) is 1. The quantitative estimate of drug-likeness (QED) is 0.533. The second kappa shape index (κ2) is 8.62. The second-order valence-corrected chi connectivity index (χ2v) is 9.21. The maximum absolute atomic E-state index is 12.3. The van der Waals surface area contributed by atoms with Crippen molar-refractivity contribution in [3.63, 3.8) is 0 Å². The highest BCUT2D eigenvalue weighted by Gasteiger charge is 2.16. The number of sulfonamides is 1. The van der Waals surface area contributed by atoms with Gasteiger partial charge in [-0.3, -0.25) is 9.10 Å². The molecule has 3 aromatic rings. The number of benzene rings is 1. The predicted octanol–water partition coefficient (Wildman–Crippen LogP) is 2.23. The fourth-order valence-electron chi connectivity index (χ4n) is 2.32. The SMILES string of the molecule is CN(Cc1nc(-c2cccs2)no1)C(=O)COc1ccc(N(C)S(C)(=O)=O)cc1. The van der Waals surface area contributed by atoms with Gasteiger partial charge in [-0.05, 0) is 35.7 Å². The number of rotatable bonds is 8. The summed E-state index contributed by atoms with van der Waals surface area (Å²) in [5.41, 5.74) is 0.501. The predicted molar refractivity (Wildman–Crippen MR) is 109 cm³/mol. The molecule has 0 bridgehead atoms. The maximum Gasteiger partial charge on any atom is 0.260 e. The van der Waals surface area contributed by atoms with E-state index in [0.29, 0.717) is 23.2 Å². The summed E-state index contributed by atoms with van der Waals surface area (Å²) < 4.78 is 34.9. The molecule has 0 aliphatic carbocycles. The molecule has 0 aliphatic rings. The zero-order valence-electron chi connectivity index (χ0n) is 16.1. The van der Waals surface area contributed by atoms with Gasteiger partial charge in [-0.1, -0.05) is 11.2 Å². The number of thiophene rings is 1. The van der Waals surface area contributed by atoms with Crippen LogP contribution in [0.4, 0.5) is 5.69 Å². The van der Waals surface area contributed by atoms with Crippen molar-refractivity contribution in [2.75, 3.05) is 31.3 Å². The van der Waals surface area contributed by atoms with E-state index in [4.69, 9.17) is 9.26 Å². The van der Waals surface area contributed by atoms with Crippen LogP contribution in [0.15, 0.2) is 46.3 Å². The van der Waals surface area contributed by atoms with E-state index in [-0.39, 0.29) is 19.1 Å². The highest BCUT2D eigenvalue weighted by molar-refractivity contribution is 7.92. The van der Waals surface area contributed by atoms with Gasteiger partial charge in [0.15, 0.2) is 6.61 Å². The third-order valence-corrected chi connectivity index (χ3v) is 6.14. The van der Waals surface area contributed by atoms with E-state index in [2.05, 4.69) is 10.1 Å². The van der Waals surface area contributed by atoms with Gasteiger partial charge in [0.25, 0.3) is 5.91 Å². The van der Waals surface area contributed by atoms with E-state index < -0.39 is 10.0 Å². The average Bonchev–Trinajstić information content (AvgIpc) is 3.36. The number of carbonyl (C=O) groups is 1. The van der Waals surface area contributed by atoms with Crippen LogP contribution in [0.1, 0.15) is 5.89 Å². The van der Waals surface area contributed by atoms with Gasteiger partial charge < -0.3 is 14.2 Å². The molecule has 3 rings (SSSR count). The molecule has 0 saturated heterocycles. The molecule has 29 heavy (non-hydrogen) atoms. The van der Waals surface area contributed by atoms with Crippen LogP contribution in [-0.2, 0) is 21.4 Å². The molecule has 154 valence electrons. The van der Waals surface area contributed by atoms with Gasteiger partial charge in [-0.2, -0.15) is 4.98 Å². The van der Waals surface area contributed by atoms with E-state index >= 15 is 0 Å². The molecule has 0 spiro atoms. The zero-order valence-corrected chi connectivity index (χ0v) is 17.7. The molecule has 0 N–H and O–H groups in total. The molecule has 9 nitrogen and oxygen atoms in total. The van der Waals surface area contributed by atoms with Crippen LogP contribution >= 0.6 is 11.3 Å². The minimum atomic E-state index is -3.34. The zero-order chi connectivity index (χ0) is 21.0. The van der Waals surface area contributed by atoms with Gasteiger partial charge >= 0.3 is 0 Å². The summed E-state index contributed by atoms with van der Waals surface area (Å²) in [7, 11) is -0.256. The van der Waals surface area contributed by atoms with Gasteiger partial charge in [-0.25, -0.2) is 8.42 Å². The number of anilines is 1. The van der Waals surface area contributed by atoms with Crippen molar-refractivity contribution in [1.82, 2.24) is 15.0 Å². The first kappa shape index (κ1) is 20.8. The summed E-state index contributed by atoms with van der Waals surface area (Å²) in [5, 5.41) is 5.83. The van der Waals surface area contributed by atoms with E-state index in [1.54, 1.807) is 31.3 Å². The molecule has 2 aromatic heterocycles. The molecule has 0 fully saturated rings. The van der Waals surface area contributed by atoms with Crippen LogP contribution in [0.25, 0.3) is 10.7 Å². The first-order chi connectivity index (χ1) is 13.7. The Bertz CT molecular complexity index is 1060. The highest BCUT2D eigenvalue weighted by atomic mass is 32.2. The van der Waals surface area contributed by atoms with Gasteiger partial charge in [0, 0.05) is 14.1 Å². The maximum atomic E-state index is 12.3. The lowest BCUT2D eigenvalue weighted by atomic mass is 10.3. The topological polar surface area (TPSA) is 106 Å². The Morgan fingerprint density at radius 3 is 2.55 bits per heavy atom. The smallest absolute Gasteiger partial charge is 0.260 e. The first-order valence-electron chi connectivity index (χ1n) is 8.51. The van der Waals surface area contributed by atoms with E-state index in [1.807, 2.05) is 17.5 Å². The lowest BCUT2D eigenvalue weighted by Gasteiger charge is -2.17. The summed E-state index contributed by atoms with van der Waals surface area (Å²) in [6.45, 7) is -0.0116. The molecule has 0 saturated carbocycles. The van der Waals surface area contributed by atoms with Crippen molar-refractivity contribution in [3.05, 3.63) is 47.7 Å². The number of hydrogen-bond donors (Lipinski definition) is 0. The number of nitrogens with zero attached hydrogens (tertiary/aromatic N) is 4. The Morgan fingerprint density at radius 2 is 1.93 bits per heavy atom. The Morgan fingerprint density at radius 1 is 1.21 bits per heavy atom. The van der Waals surface area contributed by atoms with Crippen molar-refractivity contribution in [1.29, 1.82) is 0 Å². The summed E-state index contributed by atoms with van der Waals surface area (Å²) in [4.78, 5) is 18.9. The standard InChI is InChI=1S/C18H20N4O5S2/c1-21(11-16-19-18(20-27-16)15-5-4-10-28-15)17(23)12-26-14-8-6-13(7-9-14)22(2)29(3,24)25/h4-10H,11-12H2,1-3H3. The molecular formula is C18H20N4O5S2. The minimum absolute atomic E-state index is 0.165. The van der Waals surface area contributed by atoms with Crippen molar-refractivity contribution < 1.29 is 22.5 Å². The Labute approximate surface area is 172 Å². The fourth-order valence-corrected chi connectivity index (χ4v) is 3.47. The minimum Gasteiger partial charge on any atom is -0.484 e. The molecule has 0 atom stereocenters. The third-order valence-electron chi connectivity index (χ3n) is 4.07. The van der Waals surface area contributed by atoms with Crippen LogP contribution in [0.2, 0.25) is 0 Å². The lowest BCUT2D eigenvalue weighted by Crippen LogP contribution is -2.31. The molecule has 1 aromatic carbocycles. The first-order valence-corrected chi connectivity index (χ1v) is 11.2. The van der Waals surface area contributed by atoms with Crippen molar-refractivity contribution in [3.8, 4) is 16.5 Å². The number of likely N-dealkylation sites (N-methyl/N-ethyl adjacent to an activating group) is 1. The van der Waals surface area contributed by atoms with Crippen molar-refractivity contribution in [2.24, 2.45) is 0 Å². The Hall–Kier alpha value is -2.92. The van der Waals surface area contributed by atoms with E-state index in [0.717, 1.165) is 15.4 Å². The van der Waals surface area contributed by atoms with Crippen LogP contribution in [-0.4, -0.2) is 56.3 Å². The highest BCUT2D eigenvalue weighted by Crippen LogP contribution is 2.22. The van der Waals surface area contributed by atoms with Crippen molar-refractivity contribution in [2.45, 2.75) is 6.54 Å². The van der Waals surface area contributed by atoms with Crippen LogP contribution in [0.3, 0.4) is 0 Å². The molecular weight excluding hydrogens is 416 g/mol. The molecule has 2 heterocycles. The second-order valence-electron chi connectivity index (χ2n) is 6.25. The summed E-state index contributed by atoms with van der Waals surface area (Å²) >= 11 is 1.50. The summed E-state index contributed by atoms with van der Waals surface area (Å²) in [6, 6.07) is 10.2. The van der Waals surface area contributed by atoms with E-state index in [1.165, 1.54) is 23.3 Å². The number of aromatic nitrogens is 2. The Kier molecular flexibility index (Phi) is 6.18. The monoisotopic (exact) mass is 436 g/mol. The molecule has 1 amide bonds. The van der Waals surface area contributed by atoms with Crippen LogP contribution in [0, 0.1) is 0 Å². The number of amides is 1. The Balaban J connectivity index is 1.52. The van der Waals surface area contributed by atoms with E-state index in [9.17, 15) is 13.2 Å². The van der Waals surface area contributed by atoms with Gasteiger partial charge in [0.05, 0.1) is 23.4 Å². The lowest BCUT2D eigenvalue weighted by molar-refractivity contribution is -0.132. The largest absolute Gasteiger partial charge is 0.484 e. The van der Waals surface area contributed by atoms with Gasteiger partial charge in [0.2, 0.25) is 21.7 Å². The van der Waals surface area contributed by atoms with Gasteiger partial charge in [-0.15, -0.1) is 11.3 Å². The van der Waals surface area contributed by atoms with Crippen LogP contribution < -0.4 is 9.04 Å². The summed E-state index contributed by atoms with van der Waals surface area (Å²) in [5.74, 6) is 1.01. The normalized spacial score (nSPS) is 11.3. The van der Waals surface area contributed by atoms with Crippen molar-refractivity contribution >= 4 is 33.0 Å². The molecule has 0 aliphatic heterocycles. The van der Waals surface area contributed by atoms with Gasteiger partial charge in [0.1, 0.15) is 5.75 Å². The molecule has 0 unspecified atom stereocenters. The third kappa shape index (κ3) is 5.33. The fraction of sp³-hybridized carbons (Fsp3) is 0.278. The molecule has 0 radical (unpaired) electrons. The van der Waals surface area contributed by atoms with Crippen LogP contribution in [0.5, 0.6) is 5.75 Å².